The fraction of sp³-hybridized carbons (Fsp3) is 0.417. The summed E-state index contributed by atoms with van der Waals surface area (Å²) in [5.74, 6) is 1.22. The van der Waals surface area contributed by atoms with Gasteiger partial charge >= 0.3 is 0 Å². The van der Waals surface area contributed by atoms with Gasteiger partial charge in [-0.2, -0.15) is 0 Å². The van der Waals surface area contributed by atoms with Gasteiger partial charge in [0, 0.05) is 29.7 Å². The topological polar surface area (TPSA) is 67.9 Å². The molecule has 0 aliphatic carbocycles. The zero-order valence-corrected chi connectivity index (χ0v) is 19.7. The number of carbonyl (C=O) groups is 2. The Hall–Kier alpha value is -2.44. The summed E-state index contributed by atoms with van der Waals surface area (Å²) in [5, 5.41) is 4.08. The normalized spacial score (nSPS) is 16.2. The molecule has 1 N–H and O–H groups in total. The first-order valence-corrected chi connectivity index (χ1v) is 11.5. The molecule has 1 aliphatic rings. The van der Waals surface area contributed by atoms with Crippen LogP contribution in [0.5, 0.6) is 11.5 Å². The van der Waals surface area contributed by atoms with E-state index in [0.29, 0.717) is 47.1 Å². The summed E-state index contributed by atoms with van der Waals surface area (Å²) in [7, 11) is 0. The number of hydrogen-bond donors (Lipinski definition) is 1. The van der Waals surface area contributed by atoms with Gasteiger partial charge in [-0.1, -0.05) is 35.3 Å². The number of likely N-dealkylation sites (tertiary alicyclic amines) is 1. The first kappa shape index (κ1) is 24.2. The largest absolute Gasteiger partial charge is 0.481 e. The predicted octanol–water partition coefficient (Wildman–Crippen LogP) is 4.58. The fourth-order valence-electron chi connectivity index (χ4n) is 3.60. The third kappa shape index (κ3) is 7.04. The Morgan fingerprint density at radius 2 is 1.50 bits per heavy atom. The second-order valence-corrected chi connectivity index (χ2v) is 8.82. The van der Waals surface area contributed by atoms with Crippen LogP contribution in [-0.4, -0.2) is 48.6 Å². The Bertz CT molecular complexity index is 932. The van der Waals surface area contributed by atoms with E-state index < -0.39 is 12.2 Å². The van der Waals surface area contributed by atoms with Crippen molar-refractivity contribution in [2.24, 2.45) is 5.92 Å². The Morgan fingerprint density at radius 3 is 2.03 bits per heavy atom. The van der Waals surface area contributed by atoms with Crippen molar-refractivity contribution in [3.05, 3.63) is 58.6 Å². The van der Waals surface area contributed by atoms with Gasteiger partial charge in [0.2, 0.25) is 0 Å². The molecule has 2 aromatic carbocycles. The third-order valence-electron chi connectivity index (χ3n) is 5.43. The molecule has 1 heterocycles. The average Bonchev–Trinajstić information content (AvgIpc) is 2.77. The Labute approximate surface area is 198 Å². The lowest BCUT2D eigenvalue weighted by atomic mass is 9.96. The highest BCUT2D eigenvalue weighted by Gasteiger charge is 2.27. The number of rotatable bonds is 8. The molecule has 6 nitrogen and oxygen atoms in total. The van der Waals surface area contributed by atoms with Crippen LogP contribution >= 0.6 is 23.2 Å². The van der Waals surface area contributed by atoms with Gasteiger partial charge in [-0.15, -0.1) is 0 Å². The van der Waals surface area contributed by atoms with Crippen LogP contribution in [0.3, 0.4) is 0 Å². The summed E-state index contributed by atoms with van der Waals surface area (Å²) in [6.45, 7) is 5.28. The molecule has 0 bridgehead atoms. The van der Waals surface area contributed by atoms with E-state index in [-0.39, 0.29) is 11.8 Å². The summed E-state index contributed by atoms with van der Waals surface area (Å²) in [4.78, 5) is 26.9. The smallest absolute Gasteiger partial charge is 0.263 e. The molecule has 32 heavy (non-hydrogen) atoms. The molecule has 0 saturated carbocycles. The Balaban J connectivity index is 1.39. The summed E-state index contributed by atoms with van der Waals surface area (Å²) in [6, 6.07) is 14.0. The molecule has 2 amide bonds. The van der Waals surface area contributed by atoms with Crippen LogP contribution in [0, 0.1) is 5.92 Å². The molecule has 0 radical (unpaired) electrons. The number of nitrogens with zero attached hydrogens (tertiary/aromatic N) is 1. The van der Waals surface area contributed by atoms with Gasteiger partial charge in [0.1, 0.15) is 11.5 Å². The predicted molar refractivity (Wildman–Crippen MR) is 125 cm³/mol. The van der Waals surface area contributed by atoms with E-state index >= 15 is 0 Å². The van der Waals surface area contributed by atoms with Crippen LogP contribution in [0.25, 0.3) is 0 Å². The SMILES string of the molecule is C[C@H](Oc1cccc(Cl)c1)C(=O)NCC1CCN(C(=O)[C@H](C)Oc2cccc(Cl)c2)CC1. The van der Waals surface area contributed by atoms with Crippen molar-refractivity contribution in [1.82, 2.24) is 10.2 Å². The molecular weight excluding hydrogens is 451 g/mol. The van der Waals surface area contributed by atoms with Crippen LogP contribution in [0.15, 0.2) is 48.5 Å². The maximum absolute atomic E-state index is 12.7. The summed E-state index contributed by atoms with van der Waals surface area (Å²) >= 11 is 11.9. The second-order valence-electron chi connectivity index (χ2n) is 7.95. The minimum Gasteiger partial charge on any atom is -0.481 e. The number of amides is 2. The molecule has 1 aliphatic heterocycles. The zero-order valence-electron chi connectivity index (χ0n) is 18.2. The van der Waals surface area contributed by atoms with Crippen molar-refractivity contribution in [3.8, 4) is 11.5 Å². The maximum Gasteiger partial charge on any atom is 0.263 e. The maximum atomic E-state index is 12.7. The Morgan fingerprint density at radius 1 is 0.969 bits per heavy atom. The van der Waals surface area contributed by atoms with Crippen LogP contribution in [0.1, 0.15) is 26.7 Å². The van der Waals surface area contributed by atoms with Gasteiger partial charge in [0.25, 0.3) is 11.8 Å². The van der Waals surface area contributed by atoms with E-state index in [1.807, 2.05) is 4.90 Å². The van der Waals surface area contributed by atoms with Crippen molar-refractivity contribution >= 4 is 35.0 Å². The number of benzene rings is 2. The van der Waals surface area contributed by atoms with Gasteiger partial charge in [-0.05, 0) is 69.0 Å². The lowest BCUT2D eigenvalue weighted by Crippen LogP contribution is -2.47. The molecule has 172 valence electrons. The quantitative estimate of drug-likeness (QED) is 0.602. The lowest BCUT2D eigenvalue weighted by molar-refractivity contribution is -0.139. The molecule has 0 aromatic heterocycles. The molecule has 2 atom stereocenters. The highest BCUT2D eigenvalue weighted by Crippen LogP contribution is 2.22. The molecule has 3 rings (SSSR count). The second kappa shape index (κ2) is 11.4. The van der Waals surface area contributed by atoms with Crippen LogP contribution in [0.2, 0.25) is 10.0 Å². The lowest BCUT2D eigenvalue weighted by Gasteiger charge is -2.33. The highest BCUT2D eigenvalue weighted by atomic mass is 35.5. The van der Waals surface area contributed by atoms with E-state index in [9.17, 15) is 9.59 Å². The van der Waals surface area contributed by atoms with Crippen molar-refractivity contribution in [2.45, 2.75) is 38.9 Å². The molecule has 0 spiro atoms. The molecule has 1 saturated heterocycles. The monoisotopic (exact) mass is 478 g/mol. The van der Waals surface area contributed by atoms with Crippen LogP contribution in [0.4, 0.5) is 0 Å². The number of halogens is 2. The minimum absolute atomic E-state index is 0.0454. The number of carbonyl (C=O) groups excluding carboxylic acids is 2. The van der Waals surface area contributed by atoms with E-state index in [4.69, 9.17) is 32.7 Å². The van der Waals surface area contributed by atoms with Crippen molar-refractivity contribution in [3.63, 3.8) is 0 Å². The molecule has 1 fully saturated rings. The van der Waals surface area contributed by atoms with E-state index in [0.717, 1.165) is 12.8 Å². The van der Waals surface area contributed by atoms with Crippen molar-refractivity contribution in [2.75, 3.05) is 19.6 Å². The van der Waals surface area contributed by atoms with E-state index in [1.165, 1.54) is 0 Å². The van der Waals surface area contributed by atoms with Crippen LogP contribution in [-0.2, 0) is 9.59 Å². The van der Waals surface area contributed by atoms with Crippen molar-refractivity contribution in [1.29, 1.82) is 0 Å². The first-order valence-electron chi connectivity index (χ1n) is 10.7. The molecule has 0 unspecified atom stereocenters. The standard InChI is InChI=1S/C24H28Cl2N2O4/c1-16(31-21-7-3-5-19(25)13-21)23(29)27-15-18-9-11-28(12-10-18)24(30)17(2)32-22-8-4-6-20(26)14-22/h3-8,13-14,16-18H,9-12,15H2,1-2H3,(H,27,29)/t16-,17-/m0/s1. The zero-order chi connectivity index (χ0) is 23.1. The number of hydrogen-bond acceptors (Lipinski definition) is 4. The molecule has 2 aromatic rings. The number of ether oxygens (including phenoxy) is 2. The van der Waals surface area contributed by atoms with Gasteiger partial charge in [-0.25, -0.2) is 0 Å². The number of piperidine rings is 1. The molecular formula is C24H28Cl2N2O4. The minimum atomic E-state index is -0.625. The van der Waals surface area contributed by atoms with E-state index in [1.54, 1.807) is 62.4 Å². The summed E-state index contributed by atoms with van der Waals surface area (Å²) in [6.07, 6.45) is 0.424. The average molecular weight is 479 g/mol. The molecule has 8 heteroatoms. The first-order chi connectivity index (χ1) is 15.3. The van der Waals surface area contributed by atoms with Gasteiger partial charge in [0.05, 0.1) is 0 Å². The number of nitrogens with one attached hydrogen (secondary N) is 1. The van der Waals surface area contributed by atoms with Crippen LogP contribution < -0.4 is 14.8 Å². The summed E-state index contributed by atoms with van der Waals surface area (Å²) < 4.78 is 11.4. The van der Waals surface area contributed by atoms with E-state index in [2.05, 4.69) is 5.32 Å². The van der Waals surface area contributed by atoms with Gasteiger partial charge < -0.3 is 19.7 Å². The Kier molecular flexibility index (Phi) is 8.65. The highest BCUT2D eigenvalue weighted by molar-refractivity contribution is 6.31. The van der Waals surface area contributed by atoms with Gasteiger partial charge in [-0.3, -0.25) is 9.59 Å². The van der Waals surface area contributed by atoms with Gasteiger partial charge in [0.15, 0.2) is 12.2 Å². The third-order valence-corrected chi connectivity index (χ3v) is 5.90. The fourth-order valence-corrected chi connectivity index (χ4v) is 3.96. The summed E-state index contributed by atoms with van der Waals surface area (Å²) in [5.41, 5.74) is 0. The van der Waals surface area contributed by atoms with Crippen molar-refractivity contribution < 1.29 is 19.1 Å².